The summed E-state index contributed by atoms with van der Waals surface area (Å²) in [4.78, 5) is 0. The maximum absolute atomic E-state index is 11.7. The van der Waals surface area contributed by atoms with Gasteiger partial charge in [0.05, 0.1) is 11.8 Å². The second kappa shape index (κ2) is 3.21. The van der Waals surface area contributed by atoms with Gasteiger partial charge in [-0.25, -0.2) is 8.42 Å². The van der Waals surface area contributed by atoms with Crippen LogP contribution in [-0.2, 0) is 10.0 Å². The van der Waals surface area contributed by atoms with Crippen LogP contribution in [0.2, 0.25) is 0 Å². The molecule has 0 radical (unpaired) electrons. The van der Waals surface area contributed by atoms with Gasteiger partial charge in [0, 0.05) is 6.54 Å². The summed E-state index contributed by atoms with van der Waals surface area (Å²) in [7, 11) is -3.13. The van der Waals surface area contributed by atoms with Crippen LogP contribution in [0, 0.1) is 11.3 Å². The molecular weight excluding hydrogens is 200 g/mol. The van der Waals surface area contributed by atoms with E-state index in [1.165, 1.54) is 4.31 Å². The molecule has 1 aliphatic carbocycles. The molecule has 0 spiro atoms. The minimum Gasteiger partial charge on any atom is -0.212 e. The number of sulfonamides is 1. The molecule has 0 aromatic carbocycles. The maximum atomic E-state index is 11.7. The molecule has 0 atom stereocenters. The van der Waals surface area contributed by atoms with E-state index in [-0.39, 0.29) is 5.75 Å². The third-order valence-electron chi connectivity index (χ3n) is 3.22. The van der Waals surface area contributed by atoms with Crippen molar-refractivity contribution in [2.24, 2.45) is 0 Å². The molecule has 1 heterocycles. The zero-order chi connectivity index (χ0) is 10.2. The van der Waals surface area contributed by atoms with E-state index in [2.05, 4.69) is 6.07 Å². The first-order valence-electron chi connectivity index (χ1n) is 5.03. The maximum Gasteiger partial charge on any atom is 0.215 e. The first-order valence-corrected chi connectivity index (χ1v) is 6.63. The van der Waals surface area contributed by atoms with Crippen LogP contribution in [0.25, 0.3) is 0 Å². The van der Waals surface area contributed by atoms with Gasteiger partial charge in [0.15, 0.2) is 0 Å². The van der Waals surface area contributed by atoms with Gasteiger partial charge in [-0.2, -0.15) is 9.57 Å². The molecule has 0 amide bonds. The summed E-state index contributed by atoms with van der Waals surface area (Å²) in [6.45, 7) is 0.538. The van der Waals surface area contributed by atoms with E-state index in [9.17, 15) is 8.42 Å². The molecular formula is C9H14N2O2S. The van der Waals surface area contributed by atoms with Gasteiger partial charge in [0.1, 0.15) is 5.54 Å². The molecule has 0 N–H and O–H groups in total. The quantitative estimate of drug-likeness (QED) is 0.650. The lowest BCUT2D eigenvalue weighted by molar-refractivity contribution is 0.269. The fourth-order valence-corrected chi connectivity index (χ4v) is 4.37. The summed E-state index contributed by atoms with van der Waals surface area (Å²) < 4.78 is 24.8. The normalized spacial score (nSPS) is 30.2. The molecule has 4 nitrogen and oxygen atoms in total. The highest BCUT2D eigenvalue weighted by Crippen LogP contribution is 2.38. The molecule has 1 aliphatic heterocycles. The van der Waals surface area contributed by atoms with Crippen LogP contribution in [-0.4, -0.2) is 30.6 Å². The molecule has 14 heavy (non-hydrogen) atoms. The Bertz CT molecular complexity index is 363. The van der Waals surface area contributed by atoms with Gasteiger partial charge in [-0.1, -0.05) is 12.8 Å². The average molecular weight is 214 g/mol. The number of rotatable bonds is 1. The van der Waals surface area contributed by atoms with Crippen LogP contribution in [0.1, 0.15) is 32.1 Å². The number of nitriles is 1. The van der Waals surface area contributed by atoms with Gasteiger partial charge in [-0.3, -0.25) is 0 Å². The van der Waals surface area contributed by atoms with Gasteiger partial charge in [-0.05, 0) is 19.3 Å². The van der Waals surface area contributed by atoms with Gasteiger partial charge in [-0.15, -0.1) is 0 Å². The third-order valence-corrected chi connectivity index (χ3v) is 5.22. The summed E-state index contributed by atoms with van der Waals surface area (Å²) in [5.41, 5.74) is -0.699. The molecule has 2 rings (SSSR count). The monoisotopic (exact) mass is 214 g/mol. The molecule has 0 unspecified atom stereocenters. The lowest BCUT2D eigenvalue weighted by Crippen LogP contribution is -2.46. The summed E-state index contributed by atoms with van der Waals surface area (Å²) in [6.07, 6.45) is 4.04. The Labute approximate surface area is 84.6 Å². The van der Waals surface area contributed by atoms with Crippen molar-refractivity contribution in [3.05, 3.63) is 0 Å². The van der Waals surface area contributed by atoms with E-state index >= 15 is 0 Å². The fourth-order valence-electron chi connectivity index (χ4n) is 2.50. The molecule has 0 aromatic rings. The van der Waals surface area contributed by atoms with Gasteiger partial charge in [0.25, 0.3) is 0 Å². The first kappa shape index (κ1) is 9.94. The Morgan fingerprint density at radius 3 is 2.29 bits per heavy atom. The van der Waals surface area contributed by atoms with Gasteiger partial charge < -0.3 is 0 Å². The van der Waals surface area contributed by atoms with Gasteiger partial charge in [0.2, 0.25) is 10.0 Å². The van der Waals surface area contributed by atoms with Crippen molar-refractivity contribution < 1.29 is 8.42 Å². The van der Waals surface area contributed by atoms with E-state index in [4.69, 9.17) is 5.26 Å². The second-order valence-electron chi connectivity index (χ2n) is 4.09. The smallest absolute Gasteiger partial charge is 0.212 e. The summed E-state index contributed by atoms with van der Waals surface area (Å²) in [5, 5.41) is 9.15. The summed E-state index contributed by atoms with van der Waals surface area (Å²) in [5.74, 6) is 0.219. The van der Waals surface area contributed by atoms with E-state index < -0.39 is 15.6 Å². The molecule has 0 aromatic heterocycles. The Kier molecular flexibility index (Phi) is 2.28. The minimum atomic E-state index is -3.13. The number of hydrogen-bond donors (Lipinski definition) is 0. The Hall–Kier alpha value is -0.600. The van der Waals surface area contributed by atoms with Crippen LogP contribution < -0.4 is 0 Å². The topological polar surface area (TPSA) is 61.2 Å². The second-order valence-corrected chi connectivity index (χ2v) is 6.11. The van der Waals surface area contributed by atoms with Crippen LogP contribution in [0.5, 0.6) is 0 Å². The summed E-state index contributed by atoms with van der Waals surface area (Å²) >= 11 is 0. The highest BCUT2D eigenvalue weighted by atomic mass is 32.2. The van der Waals surface area contributed by atoms with E-state index in [1.807, 2.05) is 0 Å². The van der Waals surface area contributed by atoms with Crippen LogP contribution in [0.4, 0.5) is 0 Å². The standard InChI is InChI=1S/C9H14N2O2S/c10-8-9(4-1-2-5-9)11-6-3-7-14(11,12)13/h1-7H2. The highest BCUT2D eigenvalue weighted by Gasteiger charge is 2.47. The van der Waals surface area contributed by atoms with E-state index in [1.54, 1.807) is 0 Å². The zero-order valence-corrected chi connectivity index (χ0v) is 8.89. The third kappa shape index (κ3) is 1.33. The van der Waals surface area contributed by atoms with Crippen LogP contribution >= 0.6 is 0 Å². The van der Waals surface area contributed by atoms with Gasteiger partial charge >= 0.3 is 0 Å². The summed E-state index contributed by atoms with van der Waals surface area (Å²) in [6, 6.07) is 2.22. The fraction of sp³-hybridized carbons (Fsp3) is 0.889. The number of nitrogens with zero attached hydrogens (tertiary/aromatic N) is 2. The zero-order valence-electron chi connectivity index (χ0n) is 8.07. The van der Waals surface area contributed by atoms with Crippen molar-refractivity contribution in [2.45, 2.75) is 37.6 Å². The molecule has 2 aliphatic rings. The van der Waals surface area contributed by atoms with Crippen molar-refractivity contribution in [3.8, 4) is 6.07 Å². The predicted octanol–water partition coefficient (Wildman–Crippen LogP) is 0.858. The van der Waals surface area contributed by atoms with Crippen molar-refractivity contribution >= 4 is 10.0 Å². The lowest BCUT2D eigenvalue weighted by atomic mass is 10.00. The molecule has 1 saturated heterocycles. The Morgan fingerprint density at radius 1 is 1.21 bits per heavy atom. The van der Waals surface area contributed by atoms with Crippen molar-refractivity contribution in [1.82, 2.24) is 4.31 Å². The van der Waals surface area contributed by atoms with Crippen molar-refractivity contribution in [2.75, 3.05) is 12.3 Å². The molecule has 5 heteroatoms. The molecule has 2 fully saturated rings. The Balaban J connectivity index is 2.34. The Morgan fingerprint density at radius 2 is 1.86 bits per heavy atom. The van der Waals surface area contributed by atoms with Crippen molar-refractivity contribution in [1.29, 1.82) is 5.26 Å². The minimum absolute atomic E-state index is 0.219. The van der Waals surface area contributed by atoms with Crippen LogP contribution in [0.3, 0.4) is 0 Å². The van der Waals surface area contributed by atoms with E-state index in [0.29, 0.717) is 25.8 Å². The molecule has 1 saturated carbocycles. The molecule has 78 valence electrons. The largest absolute Gasteiger partial charge is 0.215 e. The average Bonchev–Trinajstić information content (AvgIpc) is 2.71. The van der Waals surface area contributed by atoms with Crippen LogP contribution in [0.15, 0.2) is 0 Å². The molecule has 0 bridgehead atoms. The predicted molar refractivity (Wildman–Crippen MR) is 51.9 cm³/mol. The lowest BCUT2D eigenvalue weighted by Gasteiger charge is -2.30. The van der Waals surface area contributed by atoms with Crippen molar-refractivity contribution in [3.63, 3.8) is 0 Å². The SMILES string of the molecule is N#CC1(N2CCCS2(=O)=O)CCCC1. The number of hydrogen-bond acceptors (Lipinski definition) is 3. The van der Waals surface area contributed by atoms with E-state index in [0.717, 1.165) is 12.8 Å². The highest BCUT2D eigenvalue weighted by molar-refractivity contribution is 7.89. The first-order chi connectivity index (χ1) is 6.61.